The molecule has 0 spiro atoms. The summed E-state index contributed by atoms with van der Waals surface area (Å²) in [6.45, 7) is 6.04. The van der Waals surface area contributed by atoms with Crippen LogP contribution in [0.3, 0.4) is 0 Å². The van der Waals surface area contributed by atoms with Gasteiger partial charge in [-0.1, -0.05) is 66.2 Å². The highest BCUT2D eigenvalue weighted by Gasteiger charge is 2.26. The molecule has 3 aromatic rings. The highest BCUT2D eigenvalue weighted by molar-refractivity contribution is 6.35. The van der Waals surface area contributed by atoms with Crippen molar-refractivity contribution in [2.45, 2.75) is 58.9 Å². The first-order chi connectivity index (χ1) is 16.7. The number of aromatic nitrogens is 2. The van der Waals surface area contributed by atoms with Crippen molar-refractivity contribution < 1.29 is 4.79 Å². The number of nitrogens with zero attached hydrogens (tertiary/aromatic N) is 2. The number of rotatable bonds is 6. The first-order valence-corrected chi connectivity index (χ1v) is 13.2. The molecule has 1 aliphatic carbocycles. The van der Waals surface area contributed by atoms with Crippen LogP contribution in [0.2, 0.25) is 15.1 Å². The maximum absolute atomic E-state index is 13.4. The molecule has 0 bridgehead atoms. The number of halogens is 3. The van der Waals surface area contributed by atoms with E-state index in [1.54, 1.807) is 16.8 Å². The second kappa shape index (κ2) is 11.2. The number of amides is 1. The van der Waals surface area contributed by atoms with Crippen LogP contribution >= 0.6 is 34.8 Å². The average molecular weight is 531 g/mol. The van der Waals surface area contributed by atoms with Crippen LogP contribution < -0.4 is 5.32 Å². The Hall–Kier alpha value is -2.27. The number of hydrogen-bond acceptors (Lipinski definition) is 2. The Morgan fingerprint density at radius 3 is 2.37 bits per heavy atom. The van der Waals surface area contributed by atoms with Crippen LogP contribution in [0.1, 0.15) is 73.3 Å². The van der Waals surface area contributed by atoms with Gasteiger partial charge in [0, 0.05) is 21.7 Å². The van der Waals surface area contributed by atoms with Crippen LogP contribution in [0.5, 0.6) is 0 Å². The minimum atomic E-state index is -0.162. The number of benzene rings is 2. The Labute approximate surface area is 222 Å². The molecule has 0 saturated heterocycles. The van der Waals surface area contributed by atoms with Crippen LogP contribution in [0.4, 0.5) is 0 Å². The fourth-order valence-corrected chi connectivity index (χ4v) is 5.52. The van der Waals surface area contributed by atoms with Crippen LogP contribution in [-0.4, -0.2) is 21.7 Å². The minimum absolute atomic E-state index is 0.0978. The van der Waals surface area contributed by atoms with E-state index in [4.69, 9.17) is 39.9 Å². The fourth-order valence-electron chi connectivity index (χ4n) is 4.91. The largest absolute Gasteiger partial charge is 0.348 e. The molecule has 1 atom stereocenters. The average Bonchev–Trinajstić information content (AvgIpc) is 3.18. The maximum atomic E-state index is 13.4. The van der Waals surface area contributed by atoms with Crippen molar-refractivity contribution in [3.63, 3.8) is 0 Å². The third-order valence-electron chi connectivity index (χ3n) is 6.82. The van der Waals surface area contributed by atoms with E-state index < -0.39 is 0 Å². The molecule has 184 valence electrons. The van der Waals surface area contributed by atoms with Gasteiger partial charge in [-0.2, -0.15) is 5.10 Å². The molecule has 1 N–H and O–H groups in total. The Bertz CT molecular complexity index is 1240. The SMILES string of the molecule is CC(=Cc1ccc(Cl)cc1)c1c(C)c(C(=O)N[C@H](C)C2CCCCC2)nn1-c1ccc(Cl)cc1Cl. The molecular formula is C28H30Cl3N3O. The molecule has 7 heteroatoms. The predicted molar refractivity (Wildman–Crippen MR) is 147 cm³/mol. The molecule has 0 aliphatic heterocycles. The number of carbonyl (C=O) groups excluding carboxylic acids is 1. The molecule has 1 heterocycles. The molecule has 0 radical (unpaired) electrons. The van der Waals surface area contributed by atoms with Gasteiger partial charge in [0.2, 0.25) is 0 Å². The molecule has 4 rings (SSSR count). The zero-order valence-electron chi connectivity index (χ0n) is 20.2. The summed E-state index contributed by atoms with van der Waals surface area (Å²) in [6, 6.07) is 13.0. The van der Waals surface area contributed by atoms with Gasteiger partial charge in [-0.3, -0.25) is 4.79 Å². The van der Waals surface area contributed by atoms with Crippen molar-refractivity contribution in [2.24, 2.45) is 5.92 Å². The lowest BCUT2D eigenvalue weighted by atomic mass is 9.84. The van der Waals surface area contributed by atoms with Crippen molar-refractivity contribution >= 4 is 52.4 Å². The number of allylic oxidation sites excluding steroid dienone is 1. The van der Waals surface area contributed by atoms with E-state index in [9.17, 15) is 4.79 Å². The van der Waals surface area contributed by atoms with E-state index in [2.05, 4.69) is 12.2 Å². The zero-order chi connectivity index (χ0) is 25.1. The lowest BCUT2D eigenvalue weighted by molar-refractivity contribution is 0.0913. The number of hydrogen-bond donors (Lipinski definition) is 1. The first-order valence-electron chi connectivity index (χ1n) is 12.0. The highest BCUT2D eigenvalue weighted by atomic mass is 35.5. The molecule has 2 aromatic carbocycles. The summed E-state index contributed by atoms with van der Waals surface area (Å²) >= 11 is 18.8. The standard InChI is InChI=1S/C28H30Cl3N3O/c1-17(15-20-9-11-22(29)12-10-20)27-18(2)26(28(35)32-19(3)21-7-5-4-6-8-21)33-34(27)25-14-13-23(30)16-24(25)31/h9-16,19,21H,4-8H2,1-3H3,(H,32,35)/t19-/m1/s1. The Morgan fingerprint density at radius 1 is 1.06 bits per heavy atom. The smallest absolute Gasteiger partial charge is 0.272 e. The van der Waals surface area contributed by atoms with Gasteiger partial charge in [0.1, 0.15) is 0 Å². The second-order valence-corrected chi connectivity index (χ2v) is 10.6. The lowest BCUT2D eigenvalue weighted by Gasteiger charge is -2.28. The zero-order valence-corrected chi connectivity index (χ0v) is 22.5. The summed E-state index contributed by atoms with van der Waals surface area (Å²) in [5.41, 5.74) is 4.63. The van der Waals surface area contributed by atoms with Gasteiger partial charge in [0.05, 0.1) is 16.4 Å². The molecule has 4 nitrogen and oxygen atoms in total. The number of carbonyl (C=O) groups is 1. The van der Waals surface area contributed by atoms with E-state index >= 15 is 0 Å². The van der Waals surface area contributed by atoms with Crippen LogP contribution in [0, 0.1) is 12.8 Å². The van der Waals surface area contributed by atoms with Gasteiger partial charge in [-0.25, -0.2) is 4.68 Å². The monoisotopic (exact) mass is 529 g/mol. The predicted octanol–water partition coefficient (Wildman–Crippen LogP) is 8.40. The Balaban J connectivity index is 1.75. The van der Waals surface area contributed by atoms with Crippen molar-refractivity contribution in [1.29, 1.82) is 0 Å². The summed E-state index contributed by atoms with van der Waals surface area (Å²) in [6.07, 6.45) is 8.10. The van der Waals surface area contributed by atoms with E-state index in [1.807, 2.05) is 50.3 Å². The fraction of sp³-hybridized carbons (Fsp3) is 0.357. The lowest BCUT2D eigenvalue weighted by Crippen LogP contribution is -2.39. The summed E-state index contributed by atoms with van der Waals surface area (Å²) < 4.78 is 1.75. The number of nitrogens with one attached hydrogen (secondary N) is 1. The molecule has 1 saturated carbocycles. The molecule has 35 heavy (non-hydrogen) atoms. The quantitative estimate of drug-likeness (QED) is 0.348. The molecule has 1 amide bonds. The van der Waals surface area contributed by atoms with Gasteiger partial charge in [-0.15, -0.1) is 0 Å². The van der Waals surface area contributed by atoms with E-state index in [0.29, 0.717) is 32.4 Å². The van der Waals surface area contributed by atoms with Crippen LogP contribution in [0.15, 0.2) is 42.5 Å². The second-order valence-electron chi connectivity index (χ2n) is 9.37. The van der Waals surface area contributed by atoms with Crippen molar-refractivity contribution in [2.75, 3.05) is 0 Å². The van der Waals surface area contributed by atoms with E-state index in [-0.39, 0.29) is 11.9 Å². The third-order valence-corrected chi connectivity index (χ3v) is 7.61. The Kier molecular flexibility index (Phi) is 8.26. The maximum Gasteiger partial charge on any atom is 0.272 e. The third kappa shape index (κ3) is 5.94. The van der Waals surface area contributed by atoms with Gasteiger partial charge < -0.3 is 5.32 Å². The van der Waals surface area contributed by atoms with E-state index in [0.717, 1.165) is 35.2 Å². The summed E-state index contributed by atoms with van der Waals surface area (Å²) in [5.74, 6) is 0.344. The van der Waals surface area contributed by atoms with Crippen LogP contribution in [-0.2, 0) is 0 Å². The van der Waals surface area contributed by atoms with E-state index in [1.165, 1.54) is 19.3 Å². The van der Waals surface area contributed by atoms with Gasteiger partial charge >= 0.3 is 0 Å². The normalized spacial score (nSPS) is 15.8. The molecule has 1 aromatic heterocycles. The molecule has 1 fully saturated rings. The summed E-state index contributed by atoms with van der Waals surface area (Å²) in [7, 11) is 0. The van der Waals surface area contributed by atoms with Crippen molar-refractivity contribution in [3.8, 4) is 5.69 Å². The van der Waals surface area contributed by atoms with Crippen LogP contribution in [0.25, 0.3) is 17.3 Å². The minimum Gasteiger partial charge on any atom is -0.348 e. The Morgan fingerprint density at radius 2 is 1.71 bits per heavy atom. The first kappa shape index (κ1) is 25.8. The van der Waals surface area contributed by atoms with Crippen molar-refractivity contribution in [3.05, 3.63) is 80.0 Å². The molecule has 0 unspecified atom stereocenters. The summed E-state index contributed by atoms with van der Waals surface area (Å²) in [4.78, 5) is 13.4. The molecule has 1 aliphatic rings. The summed E-state index contributed by atoms with van der Waals surface area (Å²) in [5, 5.41) is 9.66. The van der Waals surface area contributed by atoms with Gasteiger partial charge in [0.25, 0.3) is 5.91 Å². The van der Waals surface area contributed by atoms with Gasteiger partial charge in [0.15, 0.2) is 5.69 Å². The molecular weight excluding hydrogens is 501 g/mol. The topological polar surface area (TPSA) is 46.9 Å². The van der Waals surface area contributed by atoms with Gasteiger partial charge in [-0.05, 0) is 87.1 Å². The highest BCUT2D eigenvalue weighted by Crippen LogP contribution is 2.32. The van der Waals surface area contributed by atoms with Crippen molar-refractivity contribution in [1.82, 2.24) is 15.1 Å².